The van der Waals surface area contributed by atoms with Gasteiger partial charge in [0.2, 0.25) is 5.91 Å². The molecule has 2 rings (SSSR count). The molecule has 1 aliphatic carbocycles. The maximum absolute atomic E-state index is 12.1. The minimum Gasteiger partial charge on any atom is -0.478 e. The number of amides is 1. The number of carboxylic acids is 1. The van der Waals surface area contributed by atoms with E-state index in [0.717, 1.165) is 18.4 Å². The molecule has 0 aliphatic heterocycles. The lowest BCUT2D eigenvalue weighted by Crippen LogP contribution is -2.42. The van der Waals surface area contributed by atoms with Gasteiger partial charge in [0.15, 0.2) is 0 Å². The van der Waals surface area contributed by atoms with E-state index in [9.17, 15) is 9.59 Å². The second-order valence-corrected chi connectivity index (χ2v) is 5.81. The summed E-state index contributed by atoms with van der Waals surface area (Å²) >= 11 is 0. The number of rotatable bonds is 5. The Morgan fingerprint density at radius 1 is 1.19 bits per heavy atom. The van der Waals surface area contributed by atoms with E-state index in [1.54, 1.807) is 24.3 Å². The van der Waals surface area contributed by atoms with Gasteiger partial charge in [0.05, 0.1) is 12.0 Å². The van der Waals surface area contributed by atoms with Crippen LogP contribution in [0.5, 0.6) is 0 Å². The molecule has 2 unspecified atom stereocenters. The van der Waals surface area contributed by atoms with Gasteiger partial charge in [0.1, 0.15) is 0 Å². The zero-order chi connectivity index (χ0) is 15.2. The van der Waals surface area contributed by atoms with Gasteiger partial charge in [-0.05, 0) is 36.5 Å². The van der Waals surface area contributed by atoms with Gasteiger partial charge in [0.25, 0.3) is 0 Å². The summed E-state index contributed by atoms with van der Waals surface area (Å²) < 4.78 is 0. The summed E-state index contributed by atoms with van der Waals surface area (Å²) in [6.07, 6.45) is 6.15. The lowest BCUT2D eigenvalue weighted by molar-refractivity contribution is -0.121. The van der Waals surface area contributed by atoms with Gasteiger partial charge in [-0.3, -0.25) is 4.79 Å². The highest BCUT2D eigenvalue weighted by Crippen LogP contribution is 2.26. The Labute approximate surface area is 125 Å². The average Bonchev–Trinajstić information content (AvgIpc) is 2.48. The summed E-state index contributed by atoms with van der Waals surface area (Å²) in [7, 11) is 0. The predicted octanol–water partition coefficient (Wildman–Crippen LogP) is 3.01. The van der Waals surface area contributed by atoms with E-state index in [1.807, 2.05) is 0 Å². The van der Waals surface area contributed by atoms with Crippen LogP contribution in [-0.2, 0) is 11.2 Å². The molecule has 2 N–H and O–H groups in total. The average molecular weight is 289 g/mol. The highest BCUT2D eigenvalue weighted by atomic mass is 16.4. The van der Waals surface area contributed by atoms with E-state index in [0.29, 0.717) is 18.4 Å². The zero-order valence-corrected chi connectivity index (χ0v) is 12.5. The van der Waals surface area contributed by atoms with Gasteiger partial charge >= 0.3 is 5.97 Å². The van der Waals surface area contributed by atoms with Gasteiger partial charge < -0.3 is 10.4 Å². The van der Waals surface area contributed by atoms with E-state index >= 15 is 0 Å². The van der Waals surface area contributed by atoms with Gasteiger partial charge in [0, 0.05) is 6.04 Å². The lowest BCUT2D eigenvalue weighted by atomic mass is 9.83. The van der Waals surface area contributed by atoms with E-state index in [2.05, 4.69) is 12.2 Å². The lowest BCUT2D eigenvalue weighted by Gasteiger charge is -2.31. The van der Waals surface area contributed by atoms with Crippen LogP contribution < -0.4 is 5.32 Å². The molecule has 2 atom stereocenters. The first kappa shape index (κ1) is 15.5. The van der Waals surface area contributed by atoms with Crippen LogP contribution in [0.4, 0.5) is 0 Å². The molecule has 1 fully saturated rings. The summed E-state index contributed by atoms with van der Waals surface area (Å²) in [4.78, 5) is 22.9. The van der Waals surface area contributed by atoms with E-state index in [4.69, 9.17) is 5.11 Å². The second kappa shape index (κ2) is 7.25. The molecule has 0 aromatic heterocycles. The molecular weight excluding hydrogens is 266 g/mol. The molecule has 1 aromatic rings. The van der Waals surface area contributed by atoms with Gasteiger partial charge in [-0.25, -0.2) is 4.79 Å². The first-order valence-electron chi connectivity index (χ1n) is 7.71. The minimum atomic E-state index is -0.945. The highest BCUT2D eigenvalue weighted by molar-refractivity contribution is 5.87. The Hall–Kier alpha value is -1.84. The maximum Gasteiger partial charge on any atom is 0.335 e. The number of hydrogen-bond acceptors (Lipinski definition) is 2. The molecule has 21 heavy (non-hydrogen) atoms. The Kier molecular flexibility index (Phi) is 5.37. The molecule has 4 nitrogen and oxygen atoms in total. The summed E-state index contributed by atoms with van der Waals surface area (Å²) in [5.74, 6) is -0.320. The summed E-state index contributed by atoms with van der Waals surface area (Å²) in [6.45, 7) is 2.18. The van der Waals surface area contributed by atoms with Crippen molar-refractivity contribution in [3.63, 3.8) is 0 Å². The molecule has 114 valence electrons. The normalized spacial score (nSPS) is 21.8. The van der Waals surface area contributed by atoms with Crippen molar-refractivity contribution in [3.05, 3.63) is 35.4 Å². The fourth-order valence-corrected chi connectivity index (χ4v) is 3.09. The van der Waals surface area contributed by atoms with Crippen LogP contribution in [0.25, 0.3) is 0 Å². The van der Waals surface area contributed by atoms with Crippen LogP contribution in [0.1, 0.15) is 54.9 Å². The van der Waals surface area contributed by atoms with Gasteiger partial charge in [-0.1, -0.05) is 38.3 Å². The monoisotopic (exact) mass is 289 g/mol. The summed E-state index contributed by atoms with van der Waals surface area (Å²) in [5.41, 5.74) is 1.10. The van der Waals surface area contributed by atoms with Crippen molar-refractivity contribution in [2.45, 2.75) is 51.5 Å². The number of aromatic carboxylic acids is 1. The van der Waals surface area contributed by atoms with Crippen LogP contribution in [0.2, 0.25) is 0 Å². The first-order chi connectivity index (χ1) is 10.1. The van der Waals surface area contributed by atoms with Crippen LogP contribution in [-0.4, -0.2) is 23.0 Å². The maximum atomic E-state index is 12.1. The zero-order valence-electron chi connectivity index (χ0n) is 12.5. The van der Waals surface area contributed by atoms with Gasteiger partial charge in [-0.15, -0.1) is 0 Å². The Morgan fingerprint density at radius 3 is 2.48 bits per heavy atom. The van der Waals surface area contributed by atoms with Crippen molar-refractivity contribution in [1.82, 2.24) is 5.32 Å². The Balaban J connectivity index is 1.90. The molecule has 0 heterocycles. The smallest absolute Gasteiger partial charge is 0.335 e. The fraction of sp³-hybridized carbons (Fsp3) is 0.529. The van der Waals surface area contributed by atoms with Crippen LogP contribution in [0.3, 0.4) is 0 Å². The Bertz CT molecular complexity index is 495. The summed E-state index contributed by atoms with van der Waals surface area (Å²) in [6, 6.07) is 6.80. The van der Waals surface area contributed by atoms with Crippen molar-refractivity contribution in [3.8, 4) is 0 Å². The molecule has 0 bridgehead atoms. The molecular formula is C17H23NO3. The van der Waals surface area contributed by atoms with Crippen molar-refractivity contribution in [2.24, 2.45) is 5.92 Å². The topological polar surface area (TPSA) is 66.4 Å². The molecule has 4 heteroatoms. The number of carboxylic acid groups (broad SMARTS) is 1. The number of hydrogen-bond donors (Lipinski definition) is 2. The number of carbonyl (C=O) groups is 2. The van der Waals surface area contributed by atoms with Crippen molar-refractivity contribution in [1.29, 1.82) is 0 Å². The van der Waals surface area contributed by atoms with E-state index in [-0.39, 0.29) is 11.5 Å². The van der Waals surface area contributed by atoms with E-state index < -0.39 is 5.97 Å². The number of nitrogens with one attached hydrogen (secondary N) is 1. The van der Waals surface area contributed by atoms with Crippen molar-refractivity contribution >= 4 is 11.9 Å². The van der Waals surface area contributed by atoms with Crippen molar-refractivity contribution in [2.75, 3.05) is 0 Å². The third kappa shape index (κ3) is 4.31. The minimum absolute atomic E-state index is 0.0309. The third-order valence-corrected chi connectivity index (χ3v) is 4.35. The van der Waals surface area contributed by atoms with Crippen molar-refractivity contribution < 1.29 is 14.7 Å². The third-order valence-electron chi connectivity index (χ3n) is 4.35. The molecule has 1 aliphatic rings. The van der Waals surface area contributed by atoms with Crippen LogP contribution in [0, 0.1) is 5.92 Å². The molecule has 0 radical (unpaired) electrons. The number of benzene rings is 1. The molecule has 0 spiro atoms. The van der Waals surface area contributed by atoms with Crippen LogP contribution >= 0.6 is 0 Å². The second-order valence-electron chi connectivity index (χ2n) is 5.81. The quantitative estimate of drug-likeness (QED) is 0.875. The summed E-state index contributed by atoms with van der Waals surface area (Å²) in [5, 5.41) is 12.0. The Morgan fingerprint density at radius 2 is 1.86 bits per heavy atom. The number of carbonyl (C=O) groups excluding carboxylic acids is 1. The highest BCUT2D eigenvalue weighted by Gasteiger charge is 2.24. The fourth-order valence-electron chi connectivity index (χ4n) is 3.09. The first-order valence-corrected chi connectivity index (χ1v) is 7.71. The molecule has 1 saturated carbocycles. The molecule has 1 amide bonds. The molecule has 1 aromatic carbocycles. The van der Waals surface area contributed by atoms with E-state index in [1.165, 1.54) is 19.3 Å². The predicted molar refractivity (Wildman–Crippen MR) is 81.3 cm³/mol. The molecule has 0 saturated heterocycles. The van der Waals surface area contributed by atoms with Crippen LogP contribution in [0.15, 0.2) is 24.3 Å². The SMILES string of the molecule is CCC1CCCCC1NC(=O)Cc1ccc(C(=O)O)cc1. The largest absolute Gasteiger partial charge is 0.478 e. The standard InChI is InChI=1S/C17H23NO3/c1-2-13-5-3-4-6-15(13)18-16(19)11-12-7-9-14(10-8-12)17(20)21/h7-10,13,15H,2-6,11H2,1H3,(H,18,19)(H,20,21). The van der Waals surface area contributed by atoms with Gasteiger partial charge in [-0.2, -0.15) is 0 Å².